The van der Waals surface area contributed by atoms with E-state index in [1.807, 2.05) is 0 Å². The van der Waals surface area contributed by atoms with Crippen LogP contribution in [0.1, 0.15) is 4.28 Å². The van der Waals surface area contributed by atoms with Gasteiger partial charge < -0.3 is 14.5 Å². The van der Waals surface area contributed by atoms with Crippen molar-refractivity contribution in [2.24, 2.45) is 0 Å². The molecule has 0 aromatic carbocycles. The zero-order valence-corrected chi connectivity index (χ0v) is 13.1. The standard InChI is InChI=1S/CH2O4.Ca.Na.Ti.Zr.3H/c2-1(3)4-5-1;;;;;;;/h2-3H;;;;;;;/q;+2;+1;;;3*-1. The summed E-state index contributed by atoms with van der Waals surface area (Å²) in [5.41, 5.74) is 0. The van der Waals surface area contributed by atoms with E-state index in [-0.39, 0.29) is 119 Å². The van der Waals surface area contributed by atoms with Crippen LogP contribution in [-0.2, 0) is 57.7 Å². The quantitative estimate of drug-likeness (QED) is 0.204. The second-order valence-electron chi connectivity index (χ2n) is 0.715. The topological polar surface area (TPSA) is 65.5 Å². The van der Waals surface area contributed by atoms with Gasteiger partial charge in [-0.25, -0.2) is 0 Å². The van der Waals surface area contributed by atoms with Gasteiger partial charge in [-0.2, -0.15) is 0 Å². The first kappa shape index (κ1) is 23.0. The van der Waals surface area contributed by atoms with Crippen LogP contribution in [0, 0.1) is 0 Å². The van der Waals surface area contributed by atoms with E-state index in [2.05, 4.69) is 9.78 Å². The molecule has 0 aromatic rings. The van der Waals surface area contributed by atoms with Gasteiger partial charge in [0.25, 0.3) is 0 Å². The van der Waals surface area contributed by atoms with Crippen LogP contribution in [0.25, 0.3) is 0 Å². The summed E-state index contributed by atoms with van der Waals surface area (Å²) in [5.74, 6) is 0. The van der Waals surface area contributed by atoms with E-state index < -0.39 is 6.16 Å². The molecule has 1 aliphatic heterocycles. The monoisotopic (exact) mass is 282 g/mol. The molecule has 4 nitrogen and oxygen atoms in total. The van der Waals surface area contributed by atoms with Gasteiger partial charge in [-0.15, -0.1) is 9.78 Å². The van der Waals surface area contributed by atoms with Crippen molar-refractivity contribution in [2.75, 3.05) is 0 Å². The number of hydrogen-bond donors (Lipinski definition) is 2. The minimum Gasteiger partial charge on any atom is -1.00 e. The van der Waals surface area contributed by atoms with Crippen molar-refractivity contribution in [2.45, 2.75) is 6.16 Å². The molecular weight excluding hydrogens is 278 g/mol. The average Bonchev–Trinajstić information content (AvgIpc) is 1.76. The first-order valence-corrected chi connectivity index (χ1v) is 1.02. The Morgan fingerprint density at radius 3 is 1.33 bits per heavy atom. The molecule has 8 heteroatoms. The molecule has 44 valence electrons. The first-order chi connectivity index (χ1) is 2.21. The molecule has 2 N–H and O–H groups in total. The minimum atomic E-state index is -2.25. The second kappa shape index (κ2) is 9.78. The first-order valence-electron chi connectivity index (χ1n) is 1.02. The van der Waals surface area contributed by atoms with Crippen molar-refractivity contribution >= 4 is 37.7 Å². The van der Waals surface area contributed by atoms with Crippen LogP contribution in [0.15, 0.2) is 0 Å². The fourth-order valence-electron chi connectivity index (χ4n) is 0.0373. The summed E-state index contributed by atoms with van der Waals surface area (Å²) >= 11 is 0. The summed E-state index contributed by atoms with van der Waals surface area (Å²) < 4.78 is 0. The predicted molar refractivity (Wildman–Crippen MR) is 18.4 cm³/mol. The molecule has 0 spiro atoms. The molecule has 0 amide bonds. The molecule has 1 aliphatic rings. The van der Waals surface area contributed by atoms with Crippen LogP contribution in [0.4, 0.5) is 0 Å². The molecule has 0 unspecified atom stereocenters. The molecule has 0 saturated carbocycles. The Kier molecular flexibility index (Phi) is 25.0. The van der Waals surface area contributed by atoms with Crippen LogP contribution in [0.5, 0.6) is 0 Å². The van der Waals surface area contributed by atoms with Crippen LogP contribution in [-0.4, -0.2) is 54.1 Å². The molecule has 9 heavy (non-hydrogen) atoms. The van der Waals surface area contributed by atoms with Crippen molar-refractivity contribution in [1.29, 1.82) is 0 Å². The van der Waals surface area contributed by atoms with E-state index in [1.54, 1.807) is 0 Å². The number of aliphatic hydroxyl groups is 2. The third-order valence-electron chi connectivity index (χ3n) is 0.232. The maximum atomic E-state index is 7.74. The van der Waals surface area contributed by atoms with Crippen LogP contribution in [0.3, 0.4) is 0 Å². The van der Waals surface area contributed by atoms with E-state index in [0.29, 0.717) is 0 Å². The van der Waals surface area contributed by atoms with Gasteiger partial charge in [0.1, 0.15) is 0 Å². The van der Waals surface area contributed by atoms with Crippen molar-refractivity contribution in [1.82, 2.24) is 0 Å². The maximum Gasteiger partial charge on any atom is 2.00 e. The molecule has 1 saturated heterocycles. The van der Waals surface area contributed by atoms with Crippen LogP contribution in [0.2, 0.25) is 0 Å². The fourth-order valence-corrected chi connectivity index (χ4v) is 0.0373. The Morgan fingerprint density at radius 1 is 1.22 bits per heavy atom. The van der Waals surface area contributed by atoms with E-state index >= 15 is 0 Å². The van der Waals surface area contributed by atoms with Crippen molar-refractivity contribution in [3.8, 4) is 0 Å². The molecule has 0 atom stereocenters. The Hall–Kier alpha value is 3.70. The van der Waals surface area contributed by atoms with E-state index in [1.165, 1.54) is 0 Å². The van der Waals surface area contributed by atoms with E-state index in [0.717, 1.165) is 0 Å². The number of rotatable bonds is 0. The molecular formula is CH5CaNaO4TiZr. The summed E-state index contributed by atoms with van der Waals surface area (Å²) in [5, 5.41) is 15.5. The summed E-state index contributed by atoms with van der Waals surface area (Å²) in [7, 11) is 0. The normalized spacial score (nSPS) is 16.7. The third kappa shape index (κ3) is 14.5. The Labute approximate surface area is 143 Å². The van der Waals surface area contributed by atoms with Gasteiger partial charge in [0.05, 0.1) is 0 Å². The second-order valence-corrected chi connectivity index (χ2v) is 0.715. The Bertz CT molecular complexity index is 68.3. The fraction of sp³-hybridized carbons (Fsp3) is 1.00. The van der Waals surface area contributed by atoms with Gasteiger partial charge in [-0.05, 0) is 0 Å². The summed E-state index contributed by atoms with van der Waals surface area (Å²) in [6.45, 7) is 0. The van der Waals surface area contributed by atoms with E-state index in [4.69, 9.17) is 10.2 Å². The zero-order valence-electron chi connectivity index (χ0n) is 7.92. The smallest absolute Gasteiger partial charge is 1.00 e. The summed E-state index contributed by atoms with van der Waals surface area (Å²) in [6.07, 6.45) is -2.25. The SMILES string of the molecule is OC1(O)OO1.[Ca+2].[H-].[H-].[H-].[Na+].[Ti].[Zr]. The van der Waals surface area contributed by atoms with Gasteiger partial charge in [-0.1, -0.05) is 0 Å². The van der Waals surface area contributed by atoms with E-state index in [9.17, 15) is 0 Å². The van der Waals surface area contributed by atoms with Gasteiger partial charge in [0, 0.05) is 47.9 Å². The largest absolute Gasteiger partial charge is 2.00 e. The molecule has 0 bridgehead atoms. The van der Waals surface area contributed by atoms with Crippen molar-refractivity contribution in [3.05, 3.63) is 0 Å². The van der Waals surface area contributed by atoms with Crippen molar-refractivity contribution in [3.63, 3.8) is 0 Å². The summed E-state index contributed by atoms with van der Waals surface area (Å²) in [4.78, 5) is 7.01. The Morgan fingerprint density at radius 2 is 1.33 bits per heavy atom. The Balaban J connectivity index is -0.00000000714. The van der Waals surface area contributed by atoms with Gasteiger partial charge in [0.2, 0.25) is 0 Å². The van der Waals surface area contributed by atoms with Gasteiger partial charge >= 0.3 is 73.5 Å². The zero-order chi connectivity index (χ0) is 3.91. The van der Waals surface area contributed by atoms with Gasteiger partial charge in [-0.3, -0.25) is 0 Å². The molecule has 0 aliphatic carbocycles. The maximum absolute atomic E-state index is 7.74. The third-order valence-corrected chi connectivity index (χ3v) is 0.232. The summed E-state index contributed by atoms with van der Waals surface area (Å²) in [6, 6.07) is 0. The minimum absolute atomic E-state index is 0. The van der Waals surface area contributed by atoms with Crippen LogP contribution < -0.4 is 29.6 Å². The molecule has 1 rings (SSSR count). The van der Waals surface area contributed by atoms with Crippen molar-refractivity contribution < 1.29 is 102 Å². The molecule has 0 radical (unpaired) electrons. The molecule has 0 aromatic heterocycles. The van der Waals surface area contributed by atoms with Crippen LogP contribution >= 0.6 is 0 Å². The average molecular weight is 283 g/mol. The molecule has 1 heterocycles. The number of hydrogen-bond acceptors (Lipinski definition) is 4. The molecule has 1 fully saturated rings. The predicted octanol–water partition coefficient (Wildman–Crippen LogP) is -4.50. The van der Waals surface area contributed by atoms with Gasteiger partial charge in [0.15, 0.2) is 0 Å².